The summed E-state index contributed by atoms with van der Waals surface area (Å²) in [6.07, 6.45) is 4.05. The number of hydrogen-bond donors (Lipinski definition) is 0. The van der Waals surface area contributed by atoms with Gasteiger partial charge in [-0.15, -0.1) is 0 Å². The molecule has 0 bridgehead atoms. The second-order valence-corrected chi connectivity index (χ2v) is 6.74. The Balaban J connectivity index is 1.57. The molecule has 1 aromatic carbocycles. The van der Waals surface area contributed by atoms with E-state index in [1.165, 1.54) is 11.8 Å². The number of ether oxygens (including phenoxy) is 1. The minimum atomic E-state index is -0.585. The van der Waals surface area contributed by atoms with Crippen molar-refractivity contribution >= 4 is 11.9 Å². The number of aryl methyl sites for hydroxylation is 1. The molecule has 1 amide bonds. The van der Waals surface area contributed by atoms with Crippen LogP contribution in [0.4, 0.5) is 0 Å². The quantitative estimate of drug-likeness (QED) is 0.578. The molecule has 2 heterocycles. The third-order valence-electron chi connectivity index (χ3n) is 4.70. The van der Waals surface area contributed by atoms with Gasteiger partial charge < -0.3 is 9.64 Å². The van der Waals surface area contributed by atoms with Crippen molar-refractivity contribution in [1.29, 1.82) is 0 Å². The molecule has 0 aliphatic carbocycles. The largest absolute Gasteiger partial charge is 0.452 e. The number of benzene rings is 1. The second kappa shape index (κ2) is 9.14. The Bertz CT molecular complexity index is 981. The lowest BCUT2D eigenvalue weighted by Crippen LogP contribution is -2.30. The summed E-state index contributed by atoms with van der Waals surface area (Å²) < 4.78 is 6.77. The van der Waals surface area contributed by atoms with E-state index in [-0.39, 0.29) is 12.5 Å². The normalized spacial score (nSPS) is 10.6. The average Bonchev–Trinajstić information content (AvgIpc) is 3.14. The van der Waals surface area contributed by atoms with E-state index in [0.717, 1.165) is 12.0 Å². The van der Waals surface area contributed by atoms with Crippen LogP contribution in [0.5, 0.6) is 0 Å². The number of pyridine rings is 1. The van der Waals surface area contributed by atoms with Gasteiger partial charge in [-0.3, -0.25) is 4.79 Å². The van der Waals surface area contributed by atoms with Crippen molar-refractivity contribution in [3.05, 3.63) is 77.2 Å². The first-order chi connectivity index (χ1) is 14.0. The van der Waals surface area contributed by atoms with Gasteiger partial charge in [-0.25, -0.2) is 14.5 Å². The standard InChI is InChI=1S/C22H24N4O3/c1-4-17-8-10-18(11-9-17)14-25(3)21(27)15-29-22(28)19-13-24-26(16(19)2)20-7-5-6-12-23-20/h5-13H,4,14-15H2,1-3H3. The summed E-state index contributed by atoms with van der Waals surface area (Å²) in [6, 6.07) is 13.5. The number of carbonyl (C=O) groups excluding carboxylic acids is 2. The molecule has 0 aliphatic heterocycles. The number of hydrogen-bond acceptors (Lipinski definition) is 5. The van der Waals surface area contributed by atoms with Crippen molar-refractivity contribution in [1.82, 2.24) is 19.7 Å². The predicted molar refractivity (Wildman–Crippen MR) is 109 cm³/mol. The van der Waals surface area contributed by atoms with E-state index in [0.29, 0.717) is 23.6 Å². The molecule has 0 atom stereocenters. The first kappa shape index (κ1) is 20.3. The van der Waals surface area contributed by atoms with Crippen molar-refractivity contribution in [2.75, 3.05) is 13.7 Å². The van der Waals surface area contributed by atoms with Gasteiger partial charge in [0.15, 0.2) is 12.4 Å². The molecule has 0 saturated carbocycles. The molecule has 0 radical (unpaired) electrons. The van der Waals surface area contributed by atoms with Crippen LogP contribution in [0.15, 0.2) is 54.9 Å². The van der Waals surface area contributed by atoms with Gasteiger partial charge in [-0.2, -0.15) is 5.10 Å². The lowest BCUT2D eigenvalue weighted by molar-refractivity contribution is -0.133. The van der Waals surface area contributed by atoms with E-state index in [1.807, 2.05) is 18.2 Å². The molecular formula is C22H24N4O3. The summed E-state index contributed by atoms with van der Waals surface area (Å²) in [7, 11) is 1.69. The monoisotopic (exact) mass is 392 g/mol. The number of aromatic nitrogens is 3. The highest BCUT2D eigenvalue weighted by molar-refractivity contribution is 5.92. The molecule has 3 rings (SSSR count). The smallest absolute Gasteiger partial charge is 0.342 e. The number of amides is 1. The molecule has 0 aliphatic rings. The molecule has 2 aromatic heterocycles. The summed E-state index contributed by atoms with van der Waals surface area (Å²) in [5, 5.41) is 4.20. The van der Waals surface area contributed by atoms with Gasteiger partial charge in [0, 0.05) is 19.8 Å². The van der Waals surface area contributed by atoms with E-state index in [4.69, 9.17) is 4.74 Å². The van der Waals surface area contributed by atoms with Crippen molar-refractivity contribution in [3.63, 3.8) is 0 Å². The summed E-state index contributed by atoms with van der Waals surface area (Å²) in [4.78, 5) is 30.5. The third-order valence-corrected chi connectivity index (χ3v) is 4.70. The molecule has 0 spiro atoms. The van der Waals surface area contributed by atoms with Crippen LogP contribution in [-0.2, 0) is 22.5 Å². The minimum absolute atomic E-state index is 0.271. The third kappa shape index (κ3) is 4.87. The zero-order chi connectivity index (χ0) is 20.8. The van der Waals surface area contributed by atoms with Crippen LogP contribution in [0.3, 0.4) is 0 Å². The van der Waals surface area contributed by atoms with Crippen LogP contribution >= 0.6 is 0 Å². The minimum Gasteiger partial charge on any atom is -0.452 e. The van der Waals surface area contributed by atoms with Crippen LogP contribution in [0.1, 0.15) is 34.1 Å². The van der Waals surface area contributed by atoms with Crippen LogP contribution < -0.4 is 0 Å². The van der Waals surface area contributed by atoms with Gasteiger partial charge in [0.25, 0.3) is 5.91 Å². The highest BCUT2D eigenvalue weighted by Crippen LogP contribution is 2.13. The van der Waals surface area contributed by atoms with Crippen molar-refractivity contribution in [3.8, 4) is 5.82 Å². The number of rotatable bonds is 7. The maximum Gasteiger partial charge on any atom is 0.342 e. The van der Waals surface area contributed by atoms with E-state index < -0.39 is 5.97 Å². The zero-order valence-electron chi connectivity index (χ0n) is 16.8. The molecule has 29 heavy (non-hydrogen) atoms. The lowest BCUT2D eigenvalue weighted by Gasteiger charge is -2.17. The molecule has 3 aromatic rings. The molecule has 7 heteroatoms. The number of esters is 1. The van der Waals surface area contributed by atoms with Gasteiger partial charge in [0.1, 0.15) is 5.56 Å². The Morgan fingerprint density at radius 3 is 2.48 bits per heavy atom. The number of carbonyl (C=O) groups is 2. The van der Waals surface area contributed by atoms with Crippen molar-refractivity contribution in [2.24, 2.45) is 0 Å². The molecule has 0 fully saturated rings. The van der Waals surface area contributed by atoms with Crippen molar-refractivity contribution < 1.29 is 14.3 Å². The fourth-order valence-electron chi connectivity index (χ4n) is 2.88. The van der Waals surface area contributed by atoms with E-state index in [2.05, 4.69) is 29.1 Å². The highest BCUT2D eigenvalue weighted by atomic mass is 16.5. The number of nitrogens with zero attached hydrogens (tertiary/aromatic N) is 4. The van der Waals surface area contributed by atoms with Crippen LogP contribution in [0.25, 0.3) is 5.82 Å². The zero-order valence-corrected chi connectivity index (χ0v) is 16.8. The number of likely N-dealkylation sites (N-methyl/N-ethyl adjacent to an activating group) is 1. The Hall–Kier alpha value is -3.48. The SMILES string of the molecule is CCc1ccc(CN(C)C(=O)COC(=O)c2cnn(-c3ccccn3)c2C)cc1. The Kier molecular flexibility index (Phi) is 6.39. The van der Waals surface area contributed by atoms with Gasteiger partial charge in [0.2, 0.25) is 0 Å². The maximum absolute atomic E-state index is 12.4. The lowest BCUT2D eigenvalue weighted by atomic mass is 10.1. The summed E-state index contributed by atoms with van der Waals surface area (Å²) in [5.41, 5.74) is 3.18. The van der Waals surface area contributed by atoms with E-state index in [1.54, 1.807) is 41.9 Å². The summed E-state index contributed by atoms with van der Waals surface area (Å²) in [5.74, 6) is -0.250. The fourth-order valence-corrected chi connectivity index (χ4v) is 2.88. The van der Waals surface area contributed by atoms with Gasteiger partial charge in [-0.1, -0.05) is 37.3 Å². The second-order valence-electron chi connectivity index (χ2n) is 6.74. The Labute approximate surface area is 169 Å². The Morgan fingerprint density at radius 1 is 1.10 bits per heavy atom. The topological polar surface area (TPSA) is 77.3 Å². The van der Waals surface area contributed by atoms with E-state index in [9.17, 15) is 9.59 Å². The fraction of sp³-hybridized carbons (Fsp3) is 0.273. The molecule has 0 N–H and O–H groups in total. The first-order valence-electron chi connectivity index (χ1n) is 9.44. The molecule has 0 unspecified atom stereocenters. The van der Waals surface area contributed by atoms with Crippen LogP contribution in [-0.4, -0.2) is 45.2 Å². The van der Waals surface area contributed by atoms with Gasteiger partial charge in [-0.05, 0) is 36.6 Å². The van der Waals surface area contributed by atoms with Gasteiger partial charge >= 0.3 is 5.97 Å². The summed E-state index contributed by atoms with van der Waals surface area (Å²) >= 11 is 0. The highest BCUT2D eigenvalue weighted by Gasteiger charge is 2.19. The summed E-state index contributed by atoms with van der Waals surface area (Å²) in [6.45, 7) is 3.99. The molecule has 7 nitrogen and oxygen atoms in total. The first-order valence-corrected chi connectivity index (χ1v) is 9.44. The predicted octanol–water partition coefficient (Wildman–Crippen LogP) is 2.95. The molecular weight excluding hydrogens is 368 g/mol. The van der Waals surface area contributed by atoms with Crippen molar-refractivity contribution in [2.45, 2.75) is 26.8 Å². The molecule has 0 saturated heterocycles. The van der Waals surface area contributed by atoms with Gasteiger partial charge in [0.05, 0.1) is 11.9 Å². The average molecular weight is 392 g/mol. The van der Waals surface area contributed by atoms with E-state index >= 15 is 0 Å². The molecule has 150 valence electrons. The van der Waals surface area contributed by atoms with Crippen LogP contribution in [0.2, 0.25) is 0 Å². The Morgan fingerprint density at radius 2 is 1.83 bits per heavy atom. The maximum atomic E-state index is 12.4. The van der Waals surface area contributed by atoms with Crippen LogP contribution in [0, 0.1) is 6.92 Å².